The molecular weight excluding hydrogens is 254 g/mol. The van der Waals surface area contributed by atoms with Crippen LogP contribution in [0.3, 0.4) is 0 Å². The van der Waals surface area contributed by atoms with Crippen LogP contribution in [0.15, 0.2) is 41.3 Å². The van der Waals surface area contributed by atoms with Gasteiger partial charge in [-0.3, -0.25) is 4.79 Å². The molecular formula is C16H19NO3. The van der Waals surface area contributed by atoms with E-state index in [1.807, 2.05) is 31.2 Å². The topological polar surface area (TPSA) is 48.3 Å². The first-order chi connectivity index (χ1) is 9.54. The number of carbonyl (C=O) groups excluding carboxylic acids is 1. The van der Waals surface area contributed by atoms with Crippen LogP contribution >= 0.6 is 0 Å². The van der Waals surface area contributed by atoms with Crippen molar-refractivity contribution in [2.45, 2.75) is 39.3 Å². The number of pyridine rings is 1. The normalized spacial score (nSPS) is 12.6. The lowest BCUT2D eigenvalue weighted by molar-refractivity contribution is -0.151. The average Bonchev–Trinajstić information content (AvgIpc) is 2.41. The summed E-state index contributed by atoms with van der Waals surface area (Å²) < 4.78 is 6.69. The van der Waals surface area contributed by atoms with Gasteiger partial charge in [0.2, 0.25) is 0 Å². The monoisotopic (exact) mass is 273 g/mol. The van der Waals surface area contributed by atoms with E-state index in [9.17, 15) is 9.59 Å². The zero-order chi connectivity index (χ0) is 14.7. The molecule has 0 aliphatic carbocycles. The van der Waals surface area contributed by atoms with Crippen molar-refractivity contribution in [2.24, 2.45) is 0 Å². The zero-order valence-electron chi connectivity index (χ0n) is 12.0. The lowest BCUT2D eigenvalue weighted by Gasteiger charge is -2.19. The Hall–Kier alpha value is -2.10. The Labute approximate surface area is 118 Å². The van der Waals surface area contributed by atoms with Crippen LogP contribution in [0, 0.1) is 0 Å². The number of nitrogens with zero attached hydrogens (tertiary/aromatic N) is 1. The van der Waals surface area contributed by atoms with Crippen molar-refractivity contribution in [3.63, 3.8) is 0 Å². The average molecular weight is 273 g/mol. The zero-order valence-corrected chi connectivity index (χ0v) is 12.0. The first-order valence-electron chi connectivity index (χ1n) is 6.85. The number of carbonyl (C=O) groups is 1. The molecule has 1 heterocycles. The molecule has 4 heteroatoms. The van der Waals surface area contributed by atoms with Gasteiger partial charge in [0.1, 0.15) is 6.04 Å². The van der Waals surface area contributed by atoms with Gasteiger partial charge in [-0.15, -0.1) is 0 Å². The summed E-state index contributed by atoms with van der Waals surface area (Å²) in [6.45, 7) is 5.47. The SMILES string of the molecule is CCC(C(=O)OC(C)C)n1ccc2ccccc2c1=O. The molecule has 0 fully saturated rings. The molecule has 0 amide bonds. The largest absolute Gasteiger partial charge is 0.461 e. The first kappa shape index (κ1) is 14.3. The highest BCUT2D eigenvalue weighted by atomic mass is 16.5. The Morgan fingerprint density at radius 1 is 1.25 bits per heavy atom. The first-order valence-corrected chi connectivity index (χ1v) is 6.85. The van der Waals surface area contributed by atoms with Crippen LogP contribution in [0.4, 0.5) is 0 Å². The predicted octanol–water partition coefficient (Wildman–Crippen LogP) is 2.90. The fourth-order valence-electron chi connectivity index (χ4n) is 2.24. The minimum absolute atomic E-state index is 0.157. The number of aromatic nitrogens is 1. The number of hydrogen-bond acceptors (Lipinski definition) is 3. The van der Waals surface area contributed by atoms with Crippen LogP contribution in [0.1, 0.15) is 33.2 Å². The van der Waals surface area contributed by atoms with E-state index in [4.69, 9.17) is 4.74 Å². The van der Waals surface area contributed by atoms with Gasteiger partial charge in [-0.1, -0.05) is 25.1 Å². The molecule has 1 aromatic heterocycles. The minimum atomic E-state index is -0.575. The second kappa shape index (κ2) is 5.90. The van der Waals surface area contributed by atoms with E-state index < -0.39 is 6.04 Å². The summed E-state index contributed by atoms with van der Waals surface area (Å²) >= 11 is 0. The Balaban J connectivity index is 2.47. The summed E-state index contributed by atoms with van der Waals surface area (Å²) in [7, 11) is 0. The van der Waals surface area contributed by atoms with Gasteiger partial charge in [0.25, 0.3) is 5.56 Å². The van der Waals surface area contributed by atoms with E-state index in [-0.39, 0.29) is 17.6 Å². The highest BCUT2D eigenvalue weighted by Crippen LogP contribution is 2.15. The summed E-state index contributed by atoms with van der Waals surface area (Å²) in [5.41, 5.74) is -0.157. The van der Waals surface area contributed by atoms with Crippen LogP contribution in [-0.2, 0) is 9.53 Å². The Bertz CT molecular complexity index is 673. The van der Waals surface area contributed by atoms with Crippen molar-refractivity contribution in [1.29, 1.82) is 0 Å². The quantitative estimate of drug-likeness (QED) is 0.805. The molecule has 0 saturated carbocycles. The fourth-order valence-corrected chi connectivity index (χ4v) is 2.24. The third kappa shape index (κ3) is 2.74. The number of esters is 1. The highest BCUT2D eigenvalue weighted by Gasteiger charge is 2.22. The molecule has 2 rings (SSSR count). The number of rotatable bonds is 4. The van der Waals surface area contributed by atoms with Crippen LogP contribution in [0.25, 0.3) is 10.8 Å². The van der Waals surface area contributed by atoms with Gasteiger partial charge in [-0.05, 0) is 37.8 Å². The predicted molar refractivity (Wildman–Crippen MR) is 78.8 cm³/mol. The van der Waals surface area contributed by atoms with Crippen molar-refractivity contribution in [3.05, 3.63) is 46.9 Å². The third-order valence-corrected chi connectivity index (χ3v) is 3.19. The van der Waals surface area contributed by atoms with Gasteiger partial charge in [-0.25, -0.2) is 4.79 Å². The Morgan fingerprint density at radius 3 is 2.60 bits per heavy atom. The molecule has 0 aliphatic rings. The summed E-state index contributed by atoms with van der Waals surface area (Å²) in [4.78, 5) is 24.6. The lowest BCUT2D eigenvalue weighted by Crippen LogP contribution is -2.31. The maximum absolute atomic E-state index is 12.5. The van der Waals surface area contributed by atoms with E-state index in [2.05, 4.69) is 0 Å². The smallest absolute Gasteiger partial charge is 0.329 e. The summed E-state index contributed by atoms with van der Waals surface area (Å²) in [6.07, 6.45) is 2.00. The van der Waals surface area contributed by atoms with E-state index in [1.165, 1.54) is 4.57 Å². The molecule has 1 unspecified atom stereocenters. The number of fused-ring (bicyclic) bond motifs is 1. The molecule has 0 aliphatic heterocycles. The van der Waals surface area contributed by atoms with Crippen LogP contribution in [-0.4, -0.2) is 16.6 Å². The molecule has 106 valence electrons. The van der Waals surface area contributed by atoms with E-state index in [0.717, 1.165) is 5.39 Å². The molecule has 0 bridgehead atoms. The van der Waals surface area contributed by atoms with Crippen LogP contribution in [0.5, 0.6) is 0 Å². The standard InChI is InChI=1S/C16H19NO3/c1-4-14(16(19)20-11(2)3)17-10-9-12-7-5-6-8-13(12)15(17)18/h5-11,14H,4H2,1-3H3. The van der Waals surface area contributed by atoms with Gasteiger partial charge in [0.05, 0.1) is 6.10 Å². The second-order valence-corrected chi connectivity index (χ2v) is 5.03. The number of hydrogen-bond donors (Lipinski definition) is 0. The van der Waals surface area contributed by atoms with Gasteiger partial charge in [-0.2, -0.15) is 0 Å². The molecule has 0 saturated heterocycles. The van der Waals surface area contributed by atoms with Gasteiger partial charge >= 0.3 is 5.97 Å². The molecule has 0 spiro atoms. The third-order valence-electron chi connectivity index (χ3n) is 3.19. The van der Waals surface area contributed by atoms with Gasteiger partial charge in [0, 0.05) is 11.6 Å². The molecule has 1 atom stereocenters. The van der Waals surface area contributed by atoms with E-state index in [1.54, 1.807) is 26.1 Å². The molecule has 20 heavy (non-hydrogen) atoms. The molecule has 1 aromatic carbocycles. The van der Waals surface area contributed by atoms with E-state index in [0.29, 0.717) is 11.8 Å². The minimum Gasteiger partial charge on any atom is -0.461 e. The van der Waals surface area contributed by atoms with Crippen molar-refractivity contribution in [2.75, 3.05) is 0 Å². The van der Waals surface area contributed by atoms with E-state index >= 15 is 0 Å². The van der Waals surface area contributed by atoms with Crippen molar-refractivity contribution in [1.82, 2.24) is 4.57 Å². The Morgan fingerprint density at radius 2 is 1.95 bits per heavy atom. The molecule has 0 radical (unpaired) electrons. The lowest BCUT2D eigenvalue weighted by atomic mass is 10.1. The van der Waals surface area contributed by atoms with Gasteiger partial charge in [0.15, 0.2) is 0 Å². The van der Waals surface area contributed by atoms with Crippen molar-refractivity contribution in [3.8, 4) is 0 Å². The molecule has 0 N–H and O–H groups in total. The second-order valence-electron chi connectivity index (χ2n) is 5.03. The summed E-state index contributed by atoms with van der Waals surface area (Å²) in [5.74, 6) is -0.361. The van der Waals surface area contributed by atoms with Crippen molar-refractivity contribution < 1.29 is 9.53 Å². The molecule has 2 aromatic rings. The van der Waals surface area contributed by atoms with Crippen molar-refractivity contribution >= 4 is 16.7 Å². The number of ether oxygens (including phenoxy) is 1. The summed E-state index contributed by atoms with van der Waals surface area (Å²) in [5, 5.41) is 1.49. The Kier molecular flexibility index (Phi) is 4.23. The molecule has 4 nitrogen and oxygen atoms in total. The highest BCUT2D eigenvalue weighted by molar-refractivity contribution is 5.82. The van der Waals surface area contributed by atoms with Crippen LogP contribution in [0.2, 0.25) is 0 Å². The number of benzene rings is 1. The maximum atomic E-state index is 12.5. The fraction of sp³-hybridized carbons (Fsp3) is 0.375. The maximum Gasteiger partial charge on any atom is 0.329 e. The summed E-state index contributed by atoms with van der Waals surface area (Å²) in [6, 6.07) is 8.64. The van der Waals surface area contributed by atoms with Crippen LogP contribution < -0.4 is 5.56 Å². The van der Waals surface area contributed by atoms with Gasteiger partial charge < -0.3 is 9.30 Å².